The molecule has 2 heterocycles. The van der Waals surface area contributed by atoms with Crippen LogP contribution in [0.1, 0.15) is 86.1 Å². The molecule has 3 amide bonds. The van der Waals surface area contributed by atoms with Gasteiger partial charge in [0.15, 0.2) is 5.78 Å². The number of carbonyl (C=O) groups excluding carboxylic acids is 4. The van der Waals surface area contributed by atoms with Crippen LogP contribution in [0.2, 0.25) is 0 Å². The van der Waals surface area contributed by atoms with Crippen LogP contribution in [0.4, 0.5) is 0 Å². The fraction of sp³-hybridized carbons (Fsp3) is 0.750. The number of ketones is 1. The normalized spacial score (nSPS) is 20.6. The Morgan fingerprint density at radius 3 is 2.02 bits per heavy atom. The smallest absolute Gasteiger partial charge is 0.326 e. The van der Waals surface area contributed by atoms with Gasteiger partial charge in [0.1, 0.15) is 6.04 Å². The number of benzene rings is 1. The Bertz CT molecular complexity index is 1450. The third kappa shape index (κ3) is 12.3. The summed E-state index contributed by atoms with van der Waals surface area (Å²) in [7, 11) is 6.38. The number of aliphatic carboxylic acids is 1. The zero-order valence-electron chi connectivity index (χ0n) is 36.6. The van der Waals surface area contributed by atoms with Crippen molar-refractivity contribution in [3.05, 3.63) is 35.9 Å². The number of amides is 3. The third-order valence-corrected chi connectivity index (χ3v) is 12.7. The first-order valence-electron chi connectivity index (χ1n) is 21.1. The van der Waals surface area contributed by atoms with Gasteiger partial charge in [-0.05, 0) is 36.2 Å². The van der Waals surface area contributed by atoms with Crippen molar-refractivity contribution >= 4 is 29.5 Å². The fourth-order valence-electron chi connectivity index (χ4n) is 9.16. The molecule has 322 valence electrons. The van der Waals surface area contributed by atoms with E-state index in [0.29, 0.717) is 13.0 Å². The summed E-state index contributed by atoms with van der Waals surface area (Å²) in [6.45, 7) is 17.7. The average Bonchev–Trinajstić information content (AvgIpc) is 3.68. The minimum atomic E-state index is -1.10. The predicted octanol–water partition coefficient (Wildman–Crippen LogP) is 4.22. The van der Waals surface area contributed by atoms with Crippen LogP contribution in [0.5, 0.6) is 0 Å². The number of carboxylic acids is 1. The molecule has 0 radical (unpaired) electrons. The summed E-state index contributed by atoms with van der Waals surface area (Å²) >= 11 is 0. The number of hydrogen-bond acceptors (Lipinski definition) is 9. The SMILES string of the molecule is CC[C@H](C)[C@@H](C(CC(=O)N1CCC[C@H]1[C@H](OC)[C@@H](C)C(=O)N(C)[C@@H](Cc1ccccc1)C(=O)O)OC)N(C)C(=O)[C@@H](CC(=O)[C@H](C(C)C)N1CCNCC1)C(C)C. The first-order valence-corrected chi connectivity index (χ1v) is 21.1. The number of likely N-dealkylation sites (N-methyl/N-ethyl adjacent to an activating group) is 2. The maximum absolute atomic E-state index is 14.5. The van der Waals surface area contributed by atoms with Crippen molar-refractivity contribution in [3.63, 3.8) is 0 Å². The van der Waals surface area contributed by atoms with Crippen LogP contribution in [0.25, 0.3) is 0 Å². The maximum Gasteiger partial charge on any atom is 0.326 e. The summed E-state index contributed by atoms with van der Waals surface area (Å²) < 4.78 is 12.0. The highest BCUT2D eigenvalue weighted by atomic mass is 16.5. The Kier molecular flexibility index (Phi) is 19.1. The number of Topliss-reactive ketones (excluding diaryl/α,β-unsaturated/α-hetero) is 1. The molecule has 0 bridgehead atoms. The Labute approximate surface area is 342 Å². The van der Waals surface area contributed by atoms with Crippen molar-refractivity contribution in [1.29, 1.82) is 0 Å². The Morgan fingerprint density at radius 1 is 0.860 bits per heavy atom. The number of carbonyl (C=O) groups is 5. The topological polar surface area (TPSA) is 149 Å². The second-order valence-corrected chi connectivity index (χ2v) is 17.1. The van der Waals surface area contributed by atoms with Crippen molar-refractivity contribution in [2.75, 3.05) is 61.0 Å². The molecule has 13 nitrogen and oxygen atoms in total. The lowest BCUT2D eigenvalue weighted by atomic mass is 9.83. The standard InChI is InChI=1S/C44H73N5O8/c1-12-30(6)40(47(9)43(53)33(28(2)3)26-36(50)39(29(4)5)48-23-20-45-21-24-48)37(56-10)27-38(51)49-22-16-19-34(49)41(57-11)31(7)42(52)46(8)35(44(54)55)25-32-17-14-13-15-18-32/h13-15,17-18,28-31,33-35,37,39-41,45H,12,16,19-27H2,1-11H3,(H,54,55)/t30-,31+,33-,34-,35-,37?,39-,40-,41+/m0/s1. The van der Waals surface area contributed by atoms with Gasteiger partial charge in [0.2, 0.25) is 17.7 Å². The molecule has 2 saturated heterocycles. The number of hydrogen-bond donors (Lipinski definition) is 2. The zero-order chi connectivity index (χ0) is 42.6. The van der Waals surface area contributed by atoms with Gasteiger partial charge in [-0.2, -0.15) is 0 Å². The van der Waals surface area contributed by atoms with Gasteiger partial charge in [-0.25, -0.2) is 4.79 Å². The lowest BCUT2D eigenvalue weighted by Gasteiger charge is -2.41. The summed E-state index contributed by atoms with van der Waals surface area (Å²) in [5.41, 5.74) is 0.808. The van der Waals surface area contributed by atoms with Gasteiger partial charge in [0, 0.05) is 79.8 Å². The zero-order valence-corrected chi connectivity index (χ0v) is 36.6. The van der Waals surface area contributed by atoms with E-state index in [4.69, 9.17) is 9.47 Å². The summed E-state index contributed by atoms with van der Waals surface area (Å²) in [5, 5.41) is 13.5. The molecule has 13 heteroatoms. The molecule has 2 N–H and O–H groups in total. The van der Waals surface area contributed by atoms with Crippen LogP contribution in [-0.2, 0) is 39.9 Å². The summed E-state index contributed by atoms with van der Waals surface area (Å²) in [4.78, 5) is 76.1. The van der Waals surface area contributed by atoms with Crippen LogP contribution in [0.3, 0.4) is 0 Å². The molecule has 57 heavy (non-hydrogen) atoms. The second kappa shape index (κ2) is 22.7. The van der Waals surface area contributed by atoms with Crippen LogP contribution in [0.15, 0.2) is 30.3 Å². The number of likely N-dealkylation sites (tertiary alicyclic amines) is 1. The van der Waals surface area contributed by atoms with Crippen molar-refractivity contribution in [2.45, 2.75) is 123 Å². The molecule has 1 unspecified atom stereocenters. The number of nitrogens with one attached hydrogen (secondary N) is 1. The van der Waals surface area contributed by atoms with Crippen LogP contribution < -0.4 is 5.32 Å². The predicted molar refractivity (Wildman–Crippen MR) is 221 cm³/mol. The molecule has 1 aromatic rings. The van der Waals surface area contributed by atoms with E-state index in [0.717, 1.165) is 44.6 Å². The van der Waals surface area contributed by atoms with Crippen molar-refractivity contribution < 1.29 is 38.6 Å². The monoisotopic (exact) mass is 800 g/mol. The number of piperazine rings is 1. The van der Waals surface area contributed by atoms with Gasteiger partial charge >= 0.3 is 5.97 Å². The first-order chi connectivity index (χ1) is 27.0. The fourth-order valence-corrected chi connectivity index (χ4v) is 9.16. The molecule has 2 aliphatic heterocycles. The molecular formula is C44H73N5O8. The lowest BCUT2D eigenvalue weighted by molar-refractivity contribution is -0.154. The van der Waals surface area contributed by atoms with E-state index in [-0.39, 0.29) is 66.6 Å². The quantitative estimate of drug-likeness (QED) is 0.175. The molecule has 2 fully saturated rings. The second-order valence-electron chi connectivity index (χ2n) is 17.1. The first kappa shape index (κ1) is 48.0. The molecule has 0 aromatic heterocycles. The number of methoxy groups -OCH3 is 2. The lowest BCUT2D eigenvalue weighted by Crippen LogP contribution is -2.55. The minimum absolute atomic E-state index is 0.0140. The molecule has 0 saturated carbocycles. The van der Waals surface area contributed by atoms with E-state index in [1.165, 1.54) is 19.1 Å². The average molecular weight is 800 g/mol. The van der Waals surface area contributed by atoms with Gasteiger partial charge in [-0.3, -0.25) is 24.1 Å². The Balaban J connectivity index is 1.79. The molecule has 2 aliphatic rings. The van der Waals surface area contributed by atoms with Crippen molar-refractivity contribution in [3.8, 4) is 0 Å². The number of rotatable bonds is 22. The van der Waals surface area contributed by atoms with Gasteiger partial charge in [0.05, 0.1) is 42.7 Å². The van der Waals surface area contributed by atoms with Gasteiger partial charge < -0.3 is 34.6 Å². The highest BCUT2D eigenvalue weighted by Gasteiger charge is 2.44. The molecular weight excluding hydrogens is 727 g/mol. The number of carboxylic acid groups (broad SMARTS) is 1. The Hall–Kier alpha value is -3.39. The van der Waals surface area contributed by atoms with Crippen molar-refractivity contribution in [1.82, 2.24) is 24.9 Å². The van der Waals surface area contributed by atoms with E-state index in [9.17, 15) is 29.1 Å². The van der Waals surface area contributed by atoms with Crippen LogP contribution in [-0.4, -0.2) is 152 Å². The van der Waals surface area contributed by atoms with E-state index in [2.05, 4.69) is 37.9 Å². The third-order valence-electron chi connectivity index (χ3n) is 12.7. The van der Waals surface area contributed by atoms with E-state index >= 15 is 0 Å². The molecule has 9 atom stereocenters. The van der Waals surface area contributed by atoms with E-state index in [1.807, 2.05) is 44.2 Å². The molecule has 0 aliphatic carbocycles. The Morgan fingerprint density at radius 2 is 1.49 bits per heavy atom. The van der Waals surface area contributed by atoms with E-state index < -0.39 is 48.1 Å². The van der Waals surface area contributed by atoms with Gasteiger partial charge in [-0.1, -0.05) is 85.2 Å². The highest BCUT2D eigenvalue weighted by Crippen LogP contribution is 2.32. The molecule has 3 rings (SSSR count). The molecule has 0 spiro atoms. The van der Waals surface area contributed by atoms with Crippen LogP contribution >= 0.6 is 0 Å². The van der Waals surface area contributed by atoms with E-state index in [1.54, 1.807) is 30.9 Å². The summed E-state index contributed by atoms with van der Waals surface area (Å²) in [5.74, 6) is -2.90. The van der Waals surface area contributed by atoms with Crippen molar-refractivity contribution in [2.24, 2.45) is 29.6 Å². The summed E-state index contributed by atoms with van der Waals surface area (Å²) in [6, 6.07) is 7.04. The number of nitrogens with zero attached hydrogens (tertiary/aromatic N) is 4. The molecule has 1 aromatic carbocycles. The summed E-state index contributed by atoms with van der Waals surface area (Å²) in [6.07, 6.45) is 1.11. The number of ether oxygens (including phenoxy) is 2. The largest absolute Gasteiger partial charge is 0.480 e. The van der Waals surface area contributed by atoms with Gasteiger partial charge in [0.25, 0.3) is 0 Å². The minimum Gasteiger partial charge on any atom is -0.480 e. The van der Waals surface area contributed by atoms with Crippen LogP contribution in [0, 0.1) is 29.6 Å². The van der Waals surface area contributed by atoms with Gasteiger partial charge in [-0.15, -0.1) is 0 Å². The highest BCUT2D eigenvalue weighted by molar-refractivity contribution is 5.90. The maximum atomic E-state index is 14.5.